The van der Waals surface area contributed by atoms with Crippen molar-refractivity contribution in [3.63, 3.8) is 0 Å². The van der Waals surface area contributed by atoms with Crippen molar-refractivity contribution >= 4 is 33.5 Å². The molecule has 0 unspecified atom stereocenters. The third-order valence-electron chi connectivity index (χ3n) is 4.47. The lowest BCUT2D eigenvalue weighted by Crippen LogP contribution is -2.12. The minimum absolute atomic E-state index is 0.197. The molecule has 0 amide bonds. The van der Waals surface area contributed by atoms with Crippen molar-refractivity contribution in [3.8, 4) is 23.0 Å². The van der Waals surface area contributed by atoms with Gasteiger partial charge in [-0.05, 0) is 95.4 Å². The summed E-state index contributed by atoms with van der Waals surface area (Å²) in [5.74, 6) is 3.55. The van der Waals surface area contributed by atoms with Crippen molar-refractivity contribution in [1.82, 2.24) is 0 Å². The number of halogens is 1. The van der Waals surface area contributed by atoms with Crippen molar-refractivity contribution in [2.24, 2.45) is 0 Å². The van der Waals surface area contributed by atoms with E-state index in [1.54, 1.807) is 0 Å². The van der Waals surface area contributed by atoms with Gasteiger partial charge in [-0.2, -0.15) is 0 Å². The highest BCUT2D eigenvalue weighted by Gasteiger charge is 2.38. The molecule has 2 nitrogen and oxygen atoms in total. The first kappa shape index (κ1) is 17.6. The summed E-state index contributed by atoms with van der Waals surface area (Å²) < 4.78 is 13.3. The van der Waals surface area contributed by atoms with Crippen molar-refractivity contribution < 1.29 is 9.47 Å². The highest BCUT2D eigenvalue weighted by Crippen LogP contribution is 2.46. The van der Waals surface area contributed by atoms with E-state index in [1.807, 2.05) is 60.7 Å². The van der Waals surface area contributed by atoms with Crippen LogP contribution in [0.15, 0.2) is 112 Å². The largest absolute Gasteiger partial charge is 0.457 e. The summed E-state index contributed by atoms with van der Waals surface area (Å²) in [6.45, 7) is 0. The molecule has 0 radical (unpaired) electrons. The maximum atomic E-state index is 6.12. The number of para-hydroxylation sites is 2. The molecule has 0 aromatic heterocycles. The Bertz CT molecular complexity index is 1080. The molecule has 0 atom stereocenters. The van der Waals surface area contributed by atoms with Gasteiger partial charge in [0.25, 0.3) is 0 Å². The zero-order valence-electron chi connectivity index (χ0n) is 14.8. The molecule has 1 heterocycles. The average Bonchev–Trinajstić information content (AvgIpc) is 2.74. The van der Waals surface area contributed by atoms with Crippen LogP contribution in [0, 0.1) is 3.57 Å². The number of benzene rings is 4. The summed E-state index contributed by atoms with van der Waals surface area (Å²) >= 11 is 2.29. The zero-order chi connectivity index (χ0) is 18.9. The number of hydrogen-bond acceptors (Lipinski definition) is 2. The van der Waals surface area contributed by atoms with E-state index in [9.17, 15) is 0 Å². The molecule has 0 saturated carbocycles. The highest BCUT2D eigenvalue weighted by atomic mass is 127. The summed E-state index contributed by atoms with van der Waals surface area (Å²) in [5, 5.41) is 0. The second-order valence-corrected chi connectivity index (χ2v) is 9.54. The molecule has 0 aliphatic carbocycles. The van der Waals surface area contributed by atoms with Crippen LogP contribution in [0.1, 0.15) is 0 Å². The fourth-order valence-corrected chi connectivity index (χ4v) is 5.74. The van der Waals surface area contributed by atoms with Crippen LogP contribution in [-0.2, 0) is 10.9 Å². The summed E-state index contributed by atoms with van der Waals surface area (Å²) in [6.07, 6.45) is 0. The maximum absolute atomic E-state index is 6.12. The van der Waals surface area contributed by atoms with Gasteiger partial charge in [-0.1, -0.05) is 24.3 Å². The fourth-order valence-electron chi connectivity index (χ4n) is 3.18. The van der Waals surface area contributed by atoms with Crippen LogP contribution in [0.4, 0.5) is 0 Å². The van der Waals surface area contributed by atoms with Gasteiger partial charge in [0.05, 0.1) is 0 Å². The second-order valence-electron chi connectivity index (χ2n) is 6.33. The maximum Gasteiger partial charge on any atom is 0.209 e. The Balaban J connectivity index is 1.50. The predicted octanol–water partition coefficient (Wildman–Crippen LogP) is 7.28. The van der Waals surface area contributed by atoms with Crippen LogP contribution in [-0.4, -0.2) is 0 Å². The molecule has 0 spiro atoms. The molecule has 136 valence electrons. The molecular weight excluding hydrogens is 479 g/mol. The van der Waals surface area contributed by atoms with Crippen molar-refractivity contribution in [2.75, 3.05) is 0 Å². The number of hydrogen-bond donors (Lipinski definition) is 0. The van der Waals surface area contributed by atoms with Gasteiger partial charge in [0.2, 0.25) is 9.79 Å². The number of ether oxygens (including phenoxy) is 2. The van der Waals surface area contributed by atoms with E-state index in [0.717, 1.165) is 23.0 Å². The van der Waals surface area contributed by atoms with E-state index in [2.05, 4.69) is 59.0 Å². The minimum Gasteiger partial charge on any atom is -0.457 e. The first-order valence-electron chi connectivity index (χ1n) is 8.92. The van der Waals surface area contributed by atoms with Gasteiger partial charge in [-0.25, -0.2) is 0 Å². The molecule has 0 fully saturated rings. The van der Waals surface area contributed by atoms with Gasteiger partial charge in [-0.15, -0.1) is 0 Å². The molecular formula is C24H16IO2S+. The first-order chi connectivity index (χ1) is 13.8. The molecule has 1 aliphatic rings. The summed E-state index contributed by atoms with van der Waals surface area (Å²) in [4.78, 5) is 3.68. The third-order valence-corrected chi connectivity index (χ3v) is 7.48. The lowest BCUT2D eigenvalue weighted by Gasteiger charge is -2.19. The minimum atomic E-state index is -0.197. The first-order valence-corrected chi connectivity index (χ1v) is 11.2. The van der Waals surface area contributed by atoms with Crippen LogP contribution in [0.3, 0.4) is 0 Å². The van der Waals surface area contributed by atoms with Gasteiger partial charge in [0.15, 0.2) is 16.4 Å². The molecule has 28 heavy (non-hydrogen) atoms. The Labute approximate surface area is 180 Å². The van der Waals surface area contributed by atoms with Gasteiger partial charge in [-0.3, -0.25) is 0 Å². The third kappa shape index (κ3) is 3.38. The van der Waals surface area contributed by atoms with Crippen molar-refractivity contribution in [3.05, 3.63) is 101 Å². The Morgan fingerprint density at radius 1 is 0.607 bits per heavy atom. The van der Waals surface area contributed by atoms with Gasteiger partial charge in [0, 0.05) is 3.57 Å². The molecule has 5 rings (SSSR count). The van der Waals surface area contributed by atoms with E-state index in [0.29, 0.717) is 0 Å². The molecule has 4 aromatic carbocycles. The second kappa shape index (κ2) is 7.53. The van der Waals surface area contributed by atoms with Crippen LogP contribution in [0.25, 0.3) is 0 Å². The average molecular weight is 495 g/mol. The predicted molar refractivity (Wildman–Crippen MR) is 121 cm³/mol. The Kier molecular flexibility index (Phi) is 4.74. The normalized spacial score (nSPS) is 12.6. The summed E-state index contributed by atoms with van der Waals surface area (Å²) in [5.41, 5.74) is 0. The topological polar surface area (TPSA) is 18.5 Å². The molecule has 4 heteroatoms. The molecule has 0 N–H and O–H groups in total. The van der Waals surface area contributed by atoms with Crippen LogP contribution >= 0.6 is 22.6 Å². The summed E-state index contributed by atoms with van der Waals surface area (Å²) in [7, 11) is -0.197. The van der Waals surface area contributed by atoms with E-state index < -0.39 is 0 Å². The SMILES string of the molecule is Ic1ccc(Oc2ccc([S+]3c4ccccc4Oc4ccccc43)cc2)cc1. The van der Waals surface area contributed by atoms with Crippen LogP contribution in [0.2, 0.25) is 0 Å². The van der Waals surface area contributed by atoms with Gasteiger partial charge >= 0.3 is 0 Å². The van der Waals surface area contributed by atoms with Crippen molar-refractivity contribution in [2.45, 2.75) is 14.7 Å². The zero-order valence-corrected chi connectivity index (χ0v) is 17.8. The smallest absolute Gasteiger partial charge is 0.209 e. The highest BCUT2D eigenvalue weighted by molar-refractivity contribution is 14.1. The van der Waals surface area contributed by atoms with Gasteiger partial charge in [0.1, 0.15) is 22.4 Å². The quantitative estimate of drug-likeness (QED) is 0.193. The molecule has 0 saturated heterocycles. The van der Waals surface area contributed by atoms with E-state index in [1.165, 1.54) is 18.3 Å². The van der Waals surface area contributed by atoms with E-state index in [-0.39, 0.29) is 10.9 Å². The standard InChI is InChI=1S/C24H16IO2S/c25-17-9-11-18(12-10-17)26-19-13-15-20(16-14-19)28-23-7-3-1-5-21(23)27-22-6-2-4-8-24(22)28/h1-16H/q+1. The molecule has 0 bridgehead atoms. The van der Waals surface area contributed by atoms with Crippen LogP contribution in [0.5, 0.6) is 23.0 Å². The van der Waals surface area contributed by atoms with Crippen molar-refractivity contribution in [1.29, 1.82) is 0 Å². The van der Waals surface area contributed by atoms with E-state index >= 15 is 0 Å². The van der Waals surface area contributed by atoms with Gasteiger partial charge < -0.3 is 9.47 Å². The number of rotatable bonds is 3. The monoisotopic (exact) mass is 495 g/mol. The Morgan fingerprint density at radius 3 is 1.68 bits per heavy atom. The molecule has 1 aliphatic heterocycles. The van der Waals surface area contributed by atoms with E-state index in [4.69, 9.17) is 9.47 Å². The number of fused-ring (bicyclic) bond motifs is 2. The fraction of sp³-hybridized carbons (Fsp3) is 0. The lowest BCUT2D eigenvalue weighted by atomic mass is 10.3. The Morgan fingerprint density at radius 2 is 1.11 bits per heavy atom. The Hall–Kier alpha value is -2.44. The summed E-state index contributed by atoms with van der Waals surface area (Å²) in [6, 6.07) is 33.0. The van der Waals surface area contributed by atoms with Crippen LogP contribution < -0.4 is 9.47 Å². The lowest BCUT2D eigenvalue weighted by molar-refractivity contribution is 0.453. The molecule has 4 aromatic rings.